The van der Waals surface area contributed by atoms with Gasteiger partial charge in [-0.1, -0.05) is 38.1 Å². The van der Waals surface area contributed by atoms with Crippen molar-refractivity contribution in [3.05, 3.63) is 59.7 Å². The third-order valence-electron chi connectivity index (χ3n) is 4.92. The number of para-hydroxylation sites is 1. The second kappa shape index (κ2) is 8.94. The number of fused-ring (bicyclic) bond motifs is 1. The predicted octanol–water partition coefficient (Wildman–Crippen LogP) is 5.65. The zero-order valence-corrected chi connectivity index (χ0v) is 19.4. The first-order valence-electron chi connectivity index (χ1n) is 10.6. The summed E-state index contributed by atoms with van der Waals surface area (Å²) < 4.78 is 10.6. The second-order valence-electron chi connectivity index (χ2n) is 8.95. The molecule has 168 valence electrons. The van der Waals surface area contributed by atoms with E-state index in [1.807, 2.05) is 24.3 Å². The molecular weight excluding hydrogens is 406 g/mol. The summed E-state index contributed by atoms with van der Waals surface area (Å²) in [6, 6.07) is 14.4. The van der Waals surface area contributed by atoms with Crippen LogP contribution in [-0.4, -0.2) is 36.2 Å². The van der Waals surface area contributed by atoms with Gasteiger partial charge in [0.05, 0.1) is 35.5 Å². The van der Waals surface area contributed by atoms with Crippen LogP contribution in [0.1, 0.15) is 57.5 Å². The molecule has 7 heteroatoms. The Morgan fingerprint density at radius 3 is 2.50 bits per heavy atom. The molecule has 0 unspecified atom stereocenters. The van der Waals surface area contributed by atoms with Crippen LogP contribution in [0.25, 0.3) is 0 Å². The quantitative estimate of drug-likeness (QED) is 0.345. The number of hydrogen-bond donors (Lipinski definition) is 0. The molecule has 0 fully saturated rings. The van der Waals surface area contributed by atoms with Gasteiger partial charge in [-0.25, -0.2) is 9.59 Å². The fraction of sp³-hybridized carbons (Fsp3) is 0.360. The topological polar surface area (TPSA) is 80.6 Å². The number of carbonyl (C=O) groups is 2. The Labute approximate surface area is 188 Å². The van der Waals surface area contributed by atoms with Crippen LogP contribution in [-0.2, 0) is 14.9 Å². The van der Waals surface area contributed by atoms with Crippen LogP contribution < -0.4 is 5.01 Å². The molecular formula is C25H29N3O4. The highest BCUT2D eigenvalue weighted by Gasteiger charge is 2.34. The number of rotatable bonds is 5. The van der Waals surface area contributed by atoms with Gasteiger partial charge in [-0.05, 0) is 57.5 Å². The van der Waals surface area contributed by atoms with E-state index in [4.69, 9.17) is 9.47 Å². The smallest absolute Gasteiger partial charge is 0.435 e. The number of aliphatic imine (C=N–C) groups is 1. The third-order valence-corrected chi connectivity index (χ3v) is 4.92. The standard InChI is InChI=1S/C25H29N3O4/c1-7-31-22(29)17-11-10-12-18(15-17)28(23(30)32-24(2,3)4)26-16-21-25(5,6)19-13-8-9-14-20(19)27-21/h8-16H,7H2,1-6H3/b26-16+. The zero-order chi connectivity index (χ0) is 23.5. The normalized spacial score (nSPS) is 14.6. The predicted molar refractivity (Wildman–Crippen MR) is 126 cm³/mol. The van der Waals surface area contributed by atoms with Crippen LogP contribution in [0.2, 0.25) is 0 Å². The second-order valence-corrected chi connectivity index (χ2v) is 8.95. The molecule has 1 heterocycles. The molecule has 1 amide bonds. The minimum atomic E-state index is -0.718. The lowest BCUT2D eigenvalue weighted by Gasteiger charge is -2.25. The Morgan fingerprint density at radius 1 is 1.12 bits per heavy atom. The number of esters is 1. The van der Waals surface area contributed by atoms with Crippen molar-refractivity contribution in [3.8, 4) is 0 Å². The summed E-state index contributed by atoms with van der Waals surface area (Å²) in [5.41, 5.74) is 2.31. The van der Waals surface area contributed by atoms with Gasteiger partial charge in [-0.3, -0.25) is 4.99 Å². The van der Waals surface area contributed by atoms with Crippen LogP contribution in [0.5, 0.6) is 0 Å². The van der Waals surface area contributed by atoms with Gasteiger partial charge < -0.3 is 9.47 Å². The van der Waals surface area contributed by atoms with Gasteiger partial charge in [0.15, 0.2) is 0 Å². The van der Waals surface area contributed by atoms with E-state index < -0.39 is 17.7 Å². The SMILES string of the molecule is CCOC(=O)c1cccc(N(/N=C/C2=Nc3ccccc3C2(C)C)C(=O)OC(C)(C)C)c1. The number of hydrazone groups is 1. The van der Waals surface area contributed by atoms with Crippen LogP contribution >= 0.6 is 0 Å². The lowest BCUT2D eigenvalue weighted by molar-refractivity contribution is 0.0522. The summed E-state index contributed by atoms with van der Waals surface area (Å²) in [5, 5.41) is 5.57. The number of anilines is 1. The van der Waals surface area contributed by atoms with Gasteiger partial charge in [0.1, 0.15) is 5.60 Å². The fourth-order valence-electron chi connectivity index (χ4n) is 3.31. The van der Waals surface area contributed by atoms with Gasteiger partial charge in [0.25, 0.3) is 0 Å². The minimum Gasteiger partial charge on any atom is -0.462 e. The van der Waals surface area contributed by atoms with E-state index in [0.717, 1.165) is 16.3 Å². The molecule has 32 heavy (non-hydrogen) atoms. The molecule has 0 aromatic heterocycles. The molecule has 1 aliphatic rings. The van der Waals surface area contributed by atoms with E-state index in [1.165, 1.54) is 0 Å². The van der Waals surface area contributed by atoms with Crippen molar-refractivity contribution in [2.24, 2.45) is 10.1 Å². The zero-order valence-electron chi connectivity index (χ0n) is 19.4. The van der Waals surface area contributed by atoms with Crippen molar-refractivity contribution in [2.45, 2.75) is 52.6 Å². The van der Waals surface area contributed by atoms with Crippen molar-refractivity contribution in [3.63, 3.8) is 0 Å². The number of ether oxygens (including phenoxy) is 2. The molecule has 0 saturated heterocycles. The number of hydrogen-bond acceptors (Lipinski definition) is 6. The average Bonchev–Trinajstić information content (AvgIpc) is 2.97. The summed E-state index contributed by atoms with van der Waals surface area (Å²) in [4.78, 5) is 29.9. The van der Waals surface area contributed by atoms with E-state index in [0.29, 0.717) is 17.0 Å². The lowest BCUT2D eigenvalue weighted by atomic mass is 9.82. The van der Waals surface area contributed by atoms with E-state index in [-0.39, 0.29) is 12.0 Å². The van der Waals surface area contributed by atoms with Crippen molar-refractivity contribution in [2.75, 3.05) is 11.6 Å². The highest BCUT2D eigenvalue weighted by Crippen LogP contribution is 2.39. The summed E-state index contributed by atoms with van der Waals surface area (Å²) in [5.74, 6) is -0.473. The van der Waals surface area contributed by atoms with Crippen LogP contribution in [0.15, 0.2) is 58.6 Å². The Kier molecular flexibility index (Phi) is 6.48. The first kappa shape index (κ1) is 23.2. The number of carbonyl (C=O) groups excluding carboxylic acids is 2. The van der Waals surface area contributed by atoms with E-state index in [9.17, 15) is 9.59 Å². The van der Waals surface area contributed by atoms with E-state index in [2.05, 4.69) is 23.9 Å². The molecule has 0 N–H and O–H groups in total. The summed E-state index contributed by atoms with van der Waals surface area (Å²) in [7, 11) is 0. The number of benzene rings is 2. The maximum Gasteiger partial charge on any atom is 0.435 e. The molecule has 0 spiro atoms. The van der Waals surface area contributed by atoms with Gasteiger partial charge >= 0.3 is 12.1 Å². The average molecular weight is 436 g/mol. The molecule has 2 aromatic carbocycles. The van der Waals surface area contributed by atoms with Crippen molar-refractivity contribution in [1.82, 2.24) is 0 Å². The fourth-order valence-corrected chi connectivity index (χ4v) is 3.31. The molecule has 1 aliphatic heterocycles. The first-order valence-corrected chi connectivity index (χ1v) is 10.6. The molecule has 7 nitrogen and oxygen atoms in total. The highest BCUT2D eigenvalue weighted by atomic mass is 16.6. The molecule has 0 radical (unpaired) electrons. The Bertz CT molecular complexity index is 1080. The summed E-state index contributed by atoms with van der Waals surface area (Å²) >= 11 is 0. The maximum absolute atomic E-state index is 13.0. The maximum atomic E-state index is 13.0. The highest BCUT2D eigenvalue weighted by molar-refractivity contribution is 6.37. The van der Waals surface area contributed by atoms with Gasteiger partial charge in [-0.2, -0.15) is 10.1 Å². The van der Waals surface area contributed by atoms with Crippen LogP contribution in [0.3, 0.4) is 0 Å². The molecule has 2 aromatic rings. The van der Waals surface area contributed by atoms with Crippen LogP contribution in [0, 0.1) is 0 Å². The summed E-state index contributed by atoms with van der Waals surface area (Å²) in [6.07, 6.45) is 0.907. The van der Waals surface area contributed by atoms with Gasteiger partial charge in [-0.15, -0.1) is 0 Å². The Morgan fingerprint density at radius 2 is 1.84 bits per heavy atom. The Hall–Kier alpha value is -3.48. The van der Waals surface area contributed by atoms with Crippen molar-refractivity contribution < 1.29 is 19.1 Å². The molecule has 0 atom stereocenters. The van der Waals surface area contributed by atoms with Crippen molar-refractivity contribution >= 4 is 35.4 Å². The minimum absolute atomic E-state index is 0.256. The molecule has 0 aliphatic carbocycles. The van der Waals surface area contributed by atoms with Gasteiger partial charge in [0, 0.05) is 5.41 Å². The number of amides is 1. The summed E-state index contributed by atoms with van der Waals surface area (Å²) in [6.45, 7) is 11.5. The van der Waals surface area contributed by atoms with Crippen molar-refractivity contribution in [1.29, 1.82) is 0 Å². The number of nitrogens with zero attached hydrogens (tertiary/aromatic N) is 3. The molecule has 0 saturated carbocycles. The van der Waals surface area contributed by atoms with Crippen LogP contribution in [0.4, 0.5) is 16.2 Å². The van der Waals surface area contributed by atoms with Gasteiger partial charge in [0.2, 0.25) is 0 Å². The molecule has 3 rings (SSSR count). The van der Waals surface area contributed by atoms with E-state index in [1.54, 1.807) is 58.2 Å². The monoisotopic (exact) mass is 435 g/mol. The van der Waals surface area contributed by atoms with E-state index >= 15 is 0 Å². The molecule has 0 bridgehead atoms. The lowest BCUT2D eigenvalue weighted by Crippen LogP contribution is -2.35. The first-order chi connectivity index (χ1) is 15.0. The third kappa shape index (κ3) is 5.04. The Balaban J connectivity index is 1.97. The largest absolute Gasteiger partial charge is 0.462 e.